The molecule has 114 valence electrons. The summed E-state index contributed by atoms with van der Waals surface area (Å²) in [5, 5.41) is 6.84. The Kier molecular flexibility index (Phi) is 4.50. The number of thiophene rings is 1. The molecule has 0 aliphatic rings. The van der Waals surface area contributed by atoms with E-state index in [4.69, 9.17) is 11.6 Å². The highest BCUT2D eigenvalue weighted by Gasteiger charge is 2.10. The molecule has 0 saturated carbocycles. The normalized spacial score (nSPS) is 11.0. The third kappa shape index (κ3) is 3.34. The SMILES string of the molecule is Cc1[nH]c2ccc(Cl)cc2c1CCNC(=O)Cc1cccs1. The molecule has 1 aromatic carbocycles. The van der Waals surface area contributed by atoms with Crippen molar-refractivity contribution < 1.29 is 4.79 Å². The van der Waals surface area contributed by atoms with Crippen LogP contribution in [0.25, 0.3) is 10.9 Å². The zero-order valence-corrected chi connectivity index (χ0v) is 13.9. The summed E-state index contributed by atoms with van der Waals surface area (Å²) in [5.74, 6) is 0.0676. The van der Waals surface area contributed by atoms with Crippen LogP contribution >= 0.6 is 22.9 Å². The first-order valence-electron chi connectivity index (χ1n) is 7.19. The molecule has 3 aromatic rings. The lowest BCUT2D eigenvalue weighted by atomic mass is 10.1. The van der Waals surface area contributed by atoms with Crippen molar-refractivity contribution in [2.45, 2.75) is 19.8 Å². The van der Waals surface area contributed by atoms with E-state index in [-0.39, 0.29) is 5.91 Å². The van der Waals surface area contributed by atoms with E-state index in [0.717, 1.165) is 32.9 Å². The summed E-state index contributed by atoms with van der Waals surface area (Å²) in [6, 6.07) is 9.79. The lowest BCUT2D eigenvalue weighted by Crippen LogP contribution is -2.27. The number of amides is 1. The number of nitrogens with one attached hydrogen (secondary N) is 2. The highest BCUT2D eigenvalue weighted by atomic mass is 35.5. The lowest BCUT2D eigenvalue weighted by molar-refractivity contribution is -0.120. The maximum absolute atomic E-state index is 11.9. The number of halogens is 1. The number of benzene rings is 1. The van der Waals surface area contributed by atoms with Crippen molar-refractivity contribution in [3.8, 4) is 0 Å². The molecule has 0 aliphatic heterocycles. The van der Waals surface area contributed by atoms with E-state index in [1.807, 2.05) is 35.7 Å². The number of hydrogen-bond acceptors (Lipinski definition) is 2. The lowest BCUT2D eigenvalue weighted by Gasteiger charge is -2.05. The van der Waals surface area contributed by atoms with Gasteiger partial charge in [0, 0.05) is 33.0 Å². The van der Waals surface area contributed by atoms with Crippen molar-refractivity contribution in [1.29, 1.82) is 0 Å². The molecular formula is C17H17ClN2OS. The molecule has 2 heterocycles. The van der Waals surface area contributed by atoms with Gasteiger partial charge in [-0.1, -0.05) is 17.7 Å². The number of rotatable bonds is 5. The van der Waals surface area contributed by atoms with E-state index in [1.165, 1.54) is 5.56 Å². The number of H-pyrrole nitrogens is 1. The molecule has 0 atom stereocenters. The molecular weight excluding hydrogens is 316 g/mol. The molecule has 0 spiro atoms. The van der Waals surface area contributed by atoms with Gasteiger partial charge >= 0.3 is 0 Å². The van der Waals surface area contributed by atoms with Crippen molar-refractivity contribution >= 4 is 39.7 Å². The molecule has 0 saturated heterocycles. The van der Waals surface area contributed by atoms with Crippen LogP contribution in [0.15, 0.2) is 35.7 Å². The van der Waals surface area contributed by atoms with Gasteiger partial charge in [0.2, 0.25) is 5.91 Å². The molecule has 0 radical (unpaired) electrons. The molecule has 3 rings (SSSR count). The van der Waals surface area contributed by atoms with Crippen molar-refractivity contribution in [2.24, 2.45) is 0 Å². The van der Waals surface area contributed by atoms with E-state index in [1.54, 1.807) is 11.3 Å². The van der Waals surface area contributed by atoms with Crippen LogP contribution in [0.5, 0.6) is 0 Å². The van der Waals surface area contributed by atoms with Crippen LogP contribution in [0.1, 0.15) is 16.1 Å². The van der Waals surface area contributed by atoms with Gasteiger partial charge in [-0.25, -0.2) is 0 Å². The van der Waals surface area contributed by atoms with Crippen LogP contribution in [0.4, 0.5) is 0 Å². The van der Waals surface area contributed by atoms with Gasteiger partial charge in [0.05, 0.1) is 6.42 Å². The van der Waals surface area contributed by atoms with Crippen molar-refractivity contribution in [1.82, 2.24) is 10.3 Å². The van der Waals surface area contributed by atoms with Crippen LogP contribution in [0.2, 0.25) is 5.02 Å². The summed E-state index contributed by atoms with van der Waals surface area (Å²) in [6.07, 6.45) is 1.25. The Balaban J connectivity index is 1.63. The Hall–Kier alpha value is -1.78. The fourth-order valence-corrected chi connectivity index (χ4v) is 3.51. The van der Waals surface area contributed by atoms with Crippen LogP contribution in [0.3, 0.4) is 0 Å². The Morgan fingerprint density at radius 2 is 2.23 bits per heavy atom. The van der Waals surface area contributed by atoms with Gasteiger partial charge in [-0.2, -0.15) is 0 Å². The van der Waals surface area contributed by atoms with E-state index in [9.17, 15) is 4.79 Å². The number of hydrogen-bond donors (Lipinski definition) is 2. The van der Waals surface area contributed by atoms with Crippen LogP contribution in [0, 0.1) is 6.92 Å². The van der Waals surface area contributed by atoms with Gasteiger partial charge in [0.1, 0.15) is 0 Å². The Morgan fingerprint density at radius 3 is 3.00 bits per heavy atom. The fraction of sp³-hybridized carbons (Fsp3) is 0.235. The Morgan fingerprint density at radius 1 is 1.36 bits per heavy atom. The molecule has 0 bridgehead atoms. The maximum atomic E-state index is 11.9. The summed E-state index contributed by atoms with van der Waals surface area (Å²) in [6.45, 7) is 2.68. The predicted octanol–water partition coefficient (Wildman–Crippen LogP) is 4.09. The third-order valence-corrected chi connectivity index (χ3v) is 4.81. The largest absolute Gasteiger partial charge is 0.358 e. The van der Waals surface area contributed by atoms with Gasteiger partial charge in [-0.3, -0.25) is 4.79 Å². The summed E-state index contributed by atoms with van der Waals surface area (Å²) in [7, 11) is 0. The minimum atomic E-state index is 0.0676. The number of aromatic amines is 1. The maximum Gasteiger partial charge on any atom is 0.225 e. The first-order valence-corrected chi connectivity index (χ1v) is 8.45. The van der Waals surface area contributed by atoms with Gasteiger partial charge in [0.25, 0.3) is 0 Å². The van der Waals surface area contributed by atoms with E-state index < -0.39 is 0 Å². The number of aryl methyl sites for hydroxylation is 1. The minimum Gasteiger partial charge on any atom is -0.358 e. The second kappa shape index (κ2) is 6.55. The quantitative estimate of drug-likeness (QED) is 0.726. The second-order valence-electron chi connectivity index (χ2n) is 5.27. The van der Waals surface area contributed by atoms with Gasteiger partial charge in [0.15, 0.2) is 0 Å². The standard InChI is InChI=1S/C17H17ClN2OS/c1-11-14(15-9-12(18)4-5-16(15)20-11)6-7-19-17(21)10-13-3-2-8-22-13/h2-5,8-9,20H,6-7,10H2,1H3,(H,19,21). The van der Waals surface area contributed by atoms with Crippen LogP contribution in [-0.4, -0.2) is 17.4 Å². The average Bonchev–Trinajstić information content (AvgIpc) is 3.08. The highest BCUT2D eigenvalue weighted by Crippen LogP contribution is 2.25. The predicted molar refractivity (Wildman–Crippen MR) is 92.8 cm³/mol. The number of aromatic nitrogens is 1. The topological polar surface area (TPSA) is 44.9 Å². The van der Waals surface area contributed by atoms with Crippen molar-refractivity contribution in [2.75, 3.05) is 6.54 Å². The van der Waals surface area contributed by atoms with Crippen LogP contribution in [-0.2, 0) is 17.6 Å². The van der Waals surface area contributed by atoms with E-state index in [0.29, 0.717) is 13.0 Å². The summed E-state index contributed by atoms with van der Waals surface area (Å²) in [5.41, 5.74) is 3.43. The number of carbonyl (C=O) groups is 1. The first kappa shape index (κ1) is 15.1. The highest BCUT2D eigenvalue weighted by molar-refractivity contribution is 7.10. The van der Waals surface area contributed by atoms with Gasteiger partial charge in [-0.15, -0.1) is 11.3 Å². The minimum absolute atomic E-state index is 0.0676. The van der Waals surface area contributed by atoms with Gasteiger partial charge in [-0.05, 0) is 48.6 Å². The molecule has 0 aliphatic carbocycles. The molecule has 3 nitrogen and oxygen atoms in total. The molecule has 1 amide bonds. The number of carbonyl (C=O) groups excluding carboxylic acids is 1. The molecule has 0 unspecified atom stereocenters. The molecule has 2 aromatic heterocycles. The van der Waals surface area contributed by atoms with Crippen LogP contribution < -0.4 is 5.32 Å². The first-order chi connectivity index (χ1) is 10.6. The summed E-state index contributed by atoms with van der Waals surface area (Å²) < 4.78 is 0. The van der Waals surface area contributed by atoms with Crippen molar-refractivity contribution in [3.63, 3.8) is 0 Å². The third-order valence-electron chi connectivity index (χ3n) is 3.69. The fourth-order valence-electron chi connectivity index (χ4n) is 2.64. The molecule has 2 N–H and O–H groups in total. The summed E-state index contributed by atoms with van der Waals surface area (Å²) in [4.78, 5) is 16.4. The Labute approximate surface area is 138 Å². The second-order valence-corrected chi connectivity index (χ2v) is 6.74. The Bertz CT molecular complexity index is 792. The smallest absolute Gasteiger partial charge is 0.225 e. The molecule has 0 fully saturated rings. The molecule has 5 heteroatoms. The summed E-state index contributed by atoms with van der Waals surface area (Å²) >= 11 is 7.69. The van der Waals surface area contributed by atoms with Gasteiger partial charge < -0.3 is 10.3 Å². The molecule has 22 heavy (non-hydrogen) atoms. The van der Waals surface area contributed by atoms with E-state index in [2.05, 4.69) is 17.2 Å². The monoisotopic (exact) mass is 332 g/mol. The zero-order valence-electron chi connectivity index (χ0n) is 12.3. The van der Waals surface area contributed by atoms with Crippen molar-refractivity contribution in [3.05, 3.63) is 56.9 Å². The zero-order chi connectivity index (χ0) is 15.5. The number of fused-ring (bicyclic) bond motifs is 1. The average molecular weight is 333 g/mol. The van der Waals surface area contributed by atoms with E-state index >= 15 is 0 Å².